The van der Waals surface area contributed by atoms with E-state index in [0.717, 1.165) is 5.75 Å². The predicted molar refractivity (Wildman–Crippen MR) is 66.2 cm³/mol. The molecule has 5 nitrogen and oxygen atoms in total. The molecule has 2 rings (SSSR count). The first kappa shape index (κ1) is 12.8. The van der Waals surface area contributed by atoms with Gasteiger partial charge in [0.05, 0.1) is 16.3 Å². The van der Waals surface area contributed by atoms with Gasteiger partial charge >= 0.3 is 5.97 Å². The molecule has 0 bridgehead atoms. The van der Waals surface area contributed by atoms with E-state index in [9.17, 15) is 14.7 Å². The van der Waals surface area contributed by atoms with Crippen LogP contribution in [0.2, 0.25) is 0 Å². The Balaban J connectivity index is 2.26. The van der Waals surface area contributed by atoms with Gasteiger partial charge in [-0.2, -0.15) is 0 Å². The normalized spacial score (nSPS) is 29.1. The Morgan fingerprint density at radius 1 is 1.65 bits per heavy atom. The summed E-state index contributed by atoms with van der Waals surface area (Å²) in [6, 6.07) is 0. The highest BCUT2D eigenvalue weighted by molar-refractivity contribution is 8.22. The molecule has 94 valence electrons. The van der Waals surface area contributed by atoms with Crippen molar-refractivity contribution in [1.82, 2.24) is 4.90 Å². The zero-order valence-electron chi connectivity index (χ0n) is 9.41. The minimum atomic E-state index is -1.08. The molecule has 2 aliphatic heterocycles. The van der Waals surface area contributed by atoms with E-state index in [0.29, 0.717) is 4.24 Å². The molecule has 1 saturated heterocycles. The van der Waals surface area contributed by atoms with Crippen molar-refractivity contribution in [3.8, 4) is 0 Å². The first-order valence-corrected chi connectivity index (χ1v) is 7.13. The fraction of sp³-hybridized carbons (Fsp3) is 0.600. The van der Waals surface area contributed by atoms with E-state index < -0.39 is 18.0 Å². The van der Waals surface area contributed by atoms with Crippen LogP contribution in [-0.2, 0) is 9.59 Å². The van der Waals surface area contributed by atoms with Crippen molar-refractivity contribution in [3.63, 3.8) is 0 Å². The van der Waals surface area contributed by atoms with Crippen LogP contribution in [0.1, 0.15) is 13.8 Å². The van der Waals surface area contributed by atoms with Crippen LogP contribution in [-0.4, -0.2) is 44.2 Å². The highest BCUT2D eigenvalue weighted by Gasteiger charge is 2.57. The molecule has 2 heterocycles. The van der Waals surface area contributed by atoms with Crippen molar-refractivity contribution in [1.29, 1.82) is 0 Å². The summed E-state index contributed by atoms with van der Waals surface area (Å²) in [5.74, 6) is -1.09. The first-order chi connectivity index (χ1) is 7.99. The fourth-order valence-corrected chi connectivity index (χ4v) is 4.81. The van der Waals surface area contributed by atoms with E-state index in [1.807, 2.05) is 6.92 Å². The molecule has 2 N–H and O–H groups in total. The fourth-order valence-electron chi connectivity index (χ4n) is 1.98. The van der Waals surface area contributed by atoms with E-state index in [-0.39, 0.29) is 17.0 Å². The van der Waals surface area contributed by atoms with Crippen LogP contribution in [0.25, 0.3) is 0 Å². The molecule has 17 heavy (non-hydrogen) atoms. The molecule has 1 amide bonds. The maximum absolute atomic E-state index is 11.8. The van der Waals surface area contributed by atoms with Gasteiger partial charge in [0.15, 0.2) is 5.70 Å². The van der Waals surface area contributed by atoms with E-state index in [2.05, 4.69) is 0 Å². The number of β-lactam (4-membered cyclic amide) rings is 1. The minimum Gasteiger partial charge on any atom is -0.477 e. The van der Waals surface area contributed by atoms with Crippen molar-refractivity contribution in [3.05, 3.63) is 9.93 Å². The highest BCUT2D eigenvalue weighted by Crippen LogP contribution is 2.53. The van der Waals surface area contributed by atoms with E-state index in [4.69, 9.17) is 5.11 Å². The van der Waals surface area contributed by atoms with Crippen LogP contribution in [0.3, 0.4) is 0 Å². The van der Waals surface area contributed by atoms with Gasteiger partial charge < -0.3 is 10.2 Å². The Kier molecular flexibility index (Phi) is 3.42. The monoisotopic (exact) mass is 275 g/mol. The van der Waals surface area contributed by atoms with Gasteiger partial charge in [-0.15, -0.1) is 11.8 Å². The average molecular weight is 275 g/mol. The quantitative estimate of drug-likeness (QED) is 0.742. The predicted octanol–water partition coefficient (Wildman–Crippen LogP) is 0.905. The van der Waals surface area contributed by atoms with Crippen molar-refractivity contribution in [2.75, 3.05) is 5.75 Å². The Bertz CT molecular complexity index is 407. The number of carbonyl (C=O) groups is 2. The second-order valence-corrected chi connectivity index (χ2v) is 6.52. The molecule has 7 heteroatoms. The second kappa shape index (κ2) is 4.55. The number of aliphatic carboxylic acids is 1. The van der Waals surface area contributed by atoms with Gasteiger partial charge in [-0.05, 0) is 12.7 Å². The number of fused-ring (bicyclic) bond motifs is 1. The SMILES string of the molecule is CCSC1=C(C(=O)O)N2C(=O)[C@H]([C@@H](C)O)C2S1. The van der Waals surface area contributed by atoms with Crippen molar-refractivity contribution in [2.45, 2.75) is 25.3 Å². The summed E-state index contributed by atoms with van der Waals surface area (Å²) in [7, 11) is 0. The third-order valence-corrected chi connectivity index (χ3v) is 5.28. The van der Waals surface area contributed by atoms with Crippen LogP contribution < -0.4 is 0 Å². The third kappa shape index (κ3) is 1.86. The molecular formula is C10H13NO4S2. The summed E-state index contributed by atoms with van der Waals surface area (Å²) < 4.78 is 0.668. The molecule has 0 aromatic heterocycles. The molecule has 3 atom stereocenters. The number of aliphatic hydroxyl groups excluding tert-OH is 1. The smallest absolute Gasteiger partial charge is 0.354 e. The Hall–Kier alpha value is -0.660. The summed E-state index contributed by atoms with van der Waals surface area (Å²) >= 11 is 2.79. The molecule has 0 spiro atoms. The van der Waals surface area contributed by atoms with Crippen LogP contribution >= 0.6 is 23.5 Å². The minimum absolute atomic E-state index is 0.0775. The number of hydrogen-bond donors (Lipinski definition) is 2. The maximum Gasteiger partial charge on any atom is 0.354 e. The van der Waals surface area contributed by atoms with Crippen LogP contribution in [0.15, 0.2) is 9.93 Å². The van der Waals surface area contributed by atoms with E-state index in [1.54, 1.807) is 6.92 Å². The molecular weight excluding hydrogens is 262 g/mol. The number of carbonyl (C=O) groups excluding carboxylic acids is 1. The molecule has 0 aromatic carbocycles. The molecule has 0 radical (unpaired) electrons. The summed E-state index contributed by atoms with van der Waals surface area (Å²) in [6.45, 7) is 3.49. The van der Waals surface area contributed by atoms with Gasteiger partial charge in [0.25, 0.3) is 0 Å². The van der Waals surface area contributed by atoms with E-state index >= 15 is 0 Å². The summed E-state index contributed by atoms with van der Waals surface area (Å²) in [5.41, 5.74) is 0.0775. The number of carboxylic acids is 1. The topological polar surface area (TPSA) is 77.8 Å². The zero-order chi connectivity index (χ0) is 12.7. The summed E-state index contributed by atoms with van der Waals surface area (Å²) in [6.07, 6.45) is -0.739. The Labute approximate surface area is 107 Å². The van der Waals surface area contributed by atoms with Crippen LogP contribution in [0.4, 0.5) is 0 Å². The Morgan fingerprint density at radius 2 is 2.29 bits per heavy atom. The van der Waals surface area contributed by atoms with Gasteiger partial charge in [0.2, 0.25) is 5.91 Å². The van der Waals surface area contributed by atoms with Crippen molar-refractivity contribution >= 4 is 35.4 Å². The van der Waals surface area contributed by atoms with Crippen molar-refractivity contribution in [2.24, 2.45) is 5.92 Å². The molecule has 1 unspecified atom stereocenters. The number of nitrogens with zero attached hydrogens (tertiary/aromatic N) is 1. The zero-order valence-corrected chi connectivity index (χ0v) is 11.0. The maximum atomic E-state index is 11.8. The summed E-state index contributed by atoms with van der Waals surface area (Å²) in [5, 5.41) is 18.4. The lowest BCUT2D eigenvalue weighted by Gasteiger charge is -2.43. The van der Waals surface area contributed by atoms with Crippen LogP contribution in [0, 0.1) is 5.92 Å². The molecule has 0 aromatic rings. The number of amides is 1. The summed E-state index contributed by atoms with van der Waals surface area (Å²) in [4.78, 5) is 24.2. The Morgan fingerprint density at radius 3 is 2.76 bits per heavy atom. The second-order valence-electron chi connectivity index (χ2n) is 3.86. The van der Waals surface area contributed by atoms with Gasteiger partial charge in [-0.25, -0.2) is 4.79 Å². The number of carboxylic acid groups (broad SMARTS) is 1. The van der Waals surface area contributed by atoms with E-state index in [1.165, 1.54) is 28.4 Å². The van der Waals surface area contributed by atoms with Gasteiger partial charge in [0, 0.05) is 0 Å². The lowest BCUT2D eigenvalue weighted by atomic mass is 9.92. The molecule has 0 saturated carbocycles. The lowest BCUT2D eigenvalue weighted by molar-refractivity contribution is -0.156. The molecule has 1 fully saturated rings. The van der Waals surface area contributed by atoms with Crippen LogP contribution in [0.5, 0.6) is 0 Å². The van der Waals surface area contributed by atoms with Gasteiger partial charge in [-0.1, -0.05) is 18.7 Å². The molecule has 2 aliphatic rings. The standard InChI is InChI=1S/C10H13NO4S2/c1-3-16-10-6(9(14)15)11-7(13)5(4(2)12)8(11)17-10/h4-5,8,12H,3H2,1-2H3,(H,14,15)/t4-,5+,8?/m1/s1. The average Bonchev–Trinajstić information content (AvgIpc) is 2.53. The lowest BCUT2D eigenvalue weighted by Crippen LogP contribution is -2.60. The number of rotatable bonds is 4. The van der Waals surface area contributed by atoms with Crippen molar-refractivity contribution < 1.29 is 19.8 Å². The molecule has 0 aliphatic carbocycles. The third-order valence-electron chi connectivity index (χ3n) is 2.74. The van der Waals surface area contributed by atoms with Gasteiger partial charge in [0.1, 0.15) is 5.37 Å². The first-order valence-electron chi connectivity index (χ1n) is 5.27. The largest absolute Gasteiger partial charge is 0.477 e. The van der Waals surface area contributed by atoms with Gasteiger partial charge in [-0.3, -0.25) is 9.69 Å². The number of hydrogen-bond acceptors (Lipinski definition) is 5. The number of aliphatic hydroxyl groups is 1. The number of thioether (sulfide) groups is 2. The highest BCUT2D eigenvalue weighted by atomic mass is 32.2.